The molecule has 2 heterocycles. The number of aryl methyl sites for hydroxylation is 2. The fourth-order valence-corrected chi connectivity index (χ4v) is 3.63. The first-order valence-corrected chi connectivity index (χ1v) is 9.55. The summed E-state index contributed by atoms with van der Waals surface area (Å²) in [5.41, 5.74) is 4.49. The van der Waals surface area contributed by atoms with E-state index in [1.165, 1.54) is 0 Å². The molecular weight excluding hydrogens is 352 g/mol. The summed E-state index contributed by atoms with van der Waals surface area (Å²) < 4.78 is 6.92. The van der Waals surface area contributed by atoms with Crippen molar-refractivity contribution in [3.63, 3.8) is 0 Å². The van der Waals surface area contributed by atoms with E-state index in [0.717, 1.165) is 39.7 Å². The number of hydrogen-bond acceptors (Lipinski definition) is 5. The van der Waals surface area contributed by atoms with Crippen molar-refractivity contribution in [1.82, 2.24) is 19.8 Å². The van der Waals surface area contributed by atoms with E-state index in [4.69, 9.17) is 9.84 Å². The Bertz CT molecular complexity index is 1170. The lowest BCUT2D eigenvalue weighted by atomic mass is 9.98. The van der Waals surface area contributed by atoms with Crippen molar-refractivity contribution >= 4 is 22.4 Å². The van der Waals surface area contributed by atoms with Crippen LogP contribution in [0.1, 0.15) is 42.1 Å². The Morgan fingerprint density at radius 2 is 1.86 bits per heavy atom. The van der Waals surface area contributed by atoms with Gasteiger partial charge in [0, 0.05) is 0 Å². The molecule has 0 atom stereocenters. The maximum atomic E-state index is 12.4. The molecule has 28 heavy (non-hydrogen) atoms. The van der Waals surface area contributed by atoms with Gasteiger partial charge in [0.05, 0.1) is 23.6 Å². The normalized spacial score (nSPS) is 11.2. The fraction of sp³-hybridized carbons (Fsp3) is 0.273. The molecule has 0 bridgehead atoms. The second kappa shape index (κ2) is 7.38. The minimum Gasteiger partial charge on any atom is -0.461 e. The Morgan fingerprint density at radius 1 is 1.07 bits per heavy atom. The van der Waals surface area contributed by atoms with E-state index in [0.29, 0.717) is 18.7 Å². The molecule has 6 heteroatoms. The summed E-state index contributed by atoms with van der Waals surface area (Å²) in [6, 6.07) is 14.4. The molecule has 0 saturated heterocycles. The molecule has 0 radical (unpaired) electrons. The van der Waals surface area contributed by atoms with Gasteiger partial charge in [-0.25, -0.2) is 9.31 Å². The number of hydrogen-bond donors (Lipinski definition) is 0. The van der Waals surface area contributed by atoms with Gasteiger partial charge < -0.3 is 4.74 Å². The quantitative estimate of drug-likeness (QED) is 0.485. The van der Waals surface area contributed by atoms with Crippen LogP contribution in [0, 0.1) is 6.92 Å². The average Bonchev–Trinajstić information content (AvgIpc) is 3.04. The third-order valence-corrected chi connectivity index (χ3v) is 4.82. The summed E-state index contributed by atoms with van der Waals surface area (Å²) >= 11 is 0. The minimum atomic E-state index is -0.458. The van der Waals surface area contributed by atoms with Gasteiger partial charge in [-0.15, -0.1) is 10.2 Å². The number of carbonyl (C=O) groups is 1. The van der Waals surface area contributed by atoms with Crippen molar-refractivity contribution in [2.45, 2.75) is 33.6 Å². The Morgan fingerprint density at radius 3 is 2.64 bits per heavy atom. The van der Waals surface area contributed by atoms with Crippen LogP contribution in [0.2, 0.25) is 0 Å². The predicted octanol–water partition coefficient (Wildman–Crippen LogP) is 4.38. The first-order valence-electron chi connectivity index (χ1n) is 9.55. The SMILES string of the molecule is CCCc1c(C(=O)OCC)nnc2c(-c3cccc4ccccc34)c(C)nn12. The average molecular weight is 374 g/mol. The standard InChI is InChI=1S/C22H22N4O2/c1-4-9-18-20(22(27)28-5-2)23-24-21-19(14(3)25-26(18)21)17-13-8-11-15-10-6-7-12-16(15)17/h6-8,10-13H,4-5,9H2,1-3H3. The van der Waals surface area contributed by atoms with E-state index in [2.05, 4.69) is 41.4 Å². The highest BCUT2D eigenvalue weighted by molar-refractivity contribution is 6.00. The number of aromatic nitrogens is 4. The Labute approximate surface area is 163 Å². The molecule has 0 aliphatic rings. The molecule has 2 aromatic heterocycles. The summed E-state index contributed by atoms with van der Waals surface area (Å²) in [7, 11) is 0. The van der Waals surface area contributed by atoms with E-state index in [9.17, 15) is 4.79 Å². The van der Waals surface area contributed by atoms with Crippen LogP contribution in [0.4, 0.5) is 0 Å². The van der Waals surface area contributed by atoms with Gasteiger partial charge in [0.25, 0.3) is 0 Å². The Kier molecular flexibility index (Phi) is 4.77. The van der Waals surface area contributed by atoms with Crippen LogP contribution in [0.3, 0.4) is 0 Å². The molecule has 4 rings (SSSR count). The van der Waals surface area contributed by atoms with Crippen LogP contribution >= 0.6 is 0 Å². The van der Waals surface area contributed by atoms with E-state index in [1.807, 2.05) is 25.1 Å². The van der Waals surface area contributed by atoms with Crippen LogP contribution in [0.5, 0.6) is 0 Å². The predicted molar refractivity (Wildman–Crippen MR) is 108 cm³/mol. The zero-order chi connectivity index (χ0) is 19.7. The maximum Gasteiger partial charge on any atom is 0.360 e. The first kappa shape index (κ1) is 18.1. The van der Waals surface area contributed by atoms with Crippen LogP contribution < -0.4 is 0 Å². The van der Waals surface area contributed by atoms with Gasteiger partial charge in [0.1, 0.15) is 0 Å². The number of nitrogens with zero attached hydrogens (tertiary/aromatic N) is 4. The van der Waals surface area contributed by atoms with Crippen LogP contribution in [0.25, 0.3) is 27.5 Å². The number of ether oxygens (including phenoxy) is 1. The van der Waals surface area contributed by atoms with Gasteiger partial charge in [0.2, 0.25) is 0 Å². The maximum absolute atomic E-state index is 12.4. The first-order chi connectivity index (χ1) is 13.7. The van der Waals surface area contributed by atoms with Crippen molar-refractivity contribution in [1.29, 1.82) is 0 Å². The molecule has 0 spiro atoms. The van der Waals surface area contributed by atoms with Crippen molar-refractivity contribution in [3.8, 4) is 11.1 Å². The van der Waals surface area contributed by atoms with E-state index < -0.39 is 5.97 Å². The molecule has 0 saturated carbocycles. The van der Waals surface area contributed by atoms with Gasteiger partial charge >= 0.3 is 5.97 Å². The molecule has 0 N–H and O–H groups in total. The van der Waals surface area contributed by atoms with Gasteiger partial charge in [-0.2, -0.15) is 5.10 Å². The molecule has 4 aromatic rings. The number of fused-ring (bicyclic) bond motifs is 2. The summed E-state index contributed by atoms with van der Waals surface area (Å²) in [6.45, 7) is 6.10. The van der Waals surface area contributed by atoms with Crippen molar-refractivity contribution < 1.29 is 9.53 Å². The highest BCUT2D eigenvalue weighted by Crippen LogP contribution is 2.33. The minimum absolute atomic E-state index is 0.239. The smallest absolute Gasteiger partial charge is 0.360 e. The van der Waals surface area contributed by atoms with E-state index >= 15 is 0 Å². The number of esters is 1. The largest absolute Gasteiger partial charge is 0.461 e. The van der Waals surface area contributed by atoms with E-state index in [1.54, 1.807) is 11.4 Å². The molecule has 0 amide bonds. The second-order valence-electron chi connectivity index (χ2n) is 6.69. The zero-order valence-corrected chi connectivity index (χ0v) is 16.3. The number of benzene rings is 2. The molecule has 0 fully saturated rings. The number of rotatable bonds is 5. The molecule has 0 aliphatic carbocycles. The molecule has 2 aromatic carbocycles. The lowest BCUT2D eigenvalue weighted by molar-refractivity contribution is 0.0515. The van der Waals surface area contributed by atoms with Gasteiger partial charge in [0.15, 0.2) is 11.3 Å². The molecule has 0 unspecified atom stereocenters. The van der Waals surface area contributed by atoms with Gasteiger partial charge in [-0.3, -0.25) is 0 Å². The second-order valence-corrected chi connectivity index (χ2v) is 6.69. The monoisotopic (exact) mass is 374 g/mol. The fourth-order valence-electron chi connectivity index (χ4n) is 3.63. The Hall–Kier alpha value is -3.28. The summed E-state index contributed by atoms with van der Waals surface area (Å²) in [5.74, 6) is -0.458. The van der Waals surface area contributed by atoms with Crippen LogP contribution in [-0.2, 0) is 11.2 Å². The highest BCUT2D eigenvalue weighted by Gasteiger charge is 2.23. The van der Waals surface area contributed by atoms with E-state index in [-0.39, 0.29) is 5.69 Å². The topological polar surface area (TPSA) is 69.4 Å². The molecular formula is C22H22N4O2. The Balaban J connectivity index is 2.00. The summed E-state index contributed by atoms with van der Waals surface area (Å²) in [5, 5.41) is 15.6. The van der Waals surface area contributed by atoms with Gasteiger partial charge in [-0.05, 0) is 36.6 Å². The summed E-state index contributed by atoms with van der Waals surface area (Å²) in [6.07, 6.45) is 1.52. The summed E-state index contributed by atoms with van der Waals surface area (Å²) in [4.78, 5) is 12.4. The lowest BCUT2D eigenvalue weighted by Crippen LogP contribution is -2.16. The highest BCUT2D eigenvalue weighted by atomic mass is 16.5. The van der Waals surface area contributed by atoms with Crippen molar-refractivity contribution in [2.75, 3.05) is 6.61 Å². The third-order valence-electron chi connectivity index (χ3n) is 4.82. The van der Waals surface area contributed by atoms with Crippen molar-refractivity contribution in [2.24, 2.45) is 0 Å². The third kappa shape index (κ3) is 2.91. The molecule has 142 valence electrons. The van der Waals surface area contributed by atoms with Crippen LogP contribution in [0.15, 0.2) is 42.5 Å². The molecule has 6 nitrogen and oxygen atoms in total. The zero-order valence-electron chi connectivity index (χ0n) is 16.3. The van der Waals surface area contributed by atoms with Crippen LogP contribution in [-0.4, -0.2) is 32.4 Å². The molecule has 0 aliphatic heterocycles. The van der Waals surface area contributed by atoms with Gasteiger partial charge in [-0.1, -0.05) is 55.8 Å². The van der Waals surface area contributed by atoms with Crippen molar-refractivity contribution in [3.05, 3.63) is 59.5 Å². The lowest BCUT2D eigenvalue weighted by Gasteiger charge is -2.09. The number of carbonyl (C=O) groups excluding carboxylic acids is 1.